The van der Waals surface area contributed by atoms with Gasteiger partial charge in [0.2, 0.25) is 0 Å². The van der Waals surface area contributed by atoms with Crippen LogP contribution in [0.15, 0.2) is 76.9 Å². The molecule has 33 heavy (non-hydrogen) atoms. The number of Topliss-reactive ketones (excluding diaryl/α,β-unsaturated/α-hetero) is 1. The molecular weight excluding hydrogens is 431 g/mol. The molecule has 0 radical (unpaired) electrons. The molecule has 8 heteroatoms. The van der Waals surface area contributed by atoms with Crippen molar-refractivity contribution in [3.63, 3.8) is 0 Å². The van der Waals surface area contributed by atoms with Gasteiger partial charge in [0.15, 0.2) is 11.6 Å². The number of nitrogens with two attached hydrogens (primary N) is 1. The molecule has 0 saturated heterocycles. The number of benzene rings is 1. The highest BCUT2D eigenvalue weighted by Crippen LogP contribution is 2.60. The number of alkyl halides is 3. The molecule has 0 bridgehead atoms. The van der Waals surface area contributed by atoms with Crippen molar-refractivity contribution in [3.8, 4) is 11.5 Å². The first-order chi connectivity index (χ1) is 15.6. The summed E-state index contributed by atoms with van der Waals surface area (Å²) in [5.74, 6) is 0.131. The second-order valence-corrected chi connectivity index (χ2v) is 8.52. The first-order valence-corrected chi connectivity index (χ1v) is 10.6. The molecule has 2 unspecified atom stereocenters. The molecule has 0 amide bonds. The summed E-state index contributed by atoms with van der Waals surface area (Å²) >= 11 is 0. The molecule has 2 aliphatic carbocycles. The van der Waals surface area contributed by atoms with Gasteiger partial charge in [0.05, 0.1) is 5.41 Å². The van der Waals surface area contributed by atoms with E-state index in [0.29, 0.717) is 17.0 Å². The van der Waals surface area contributed by atoms with Gasteiger partial charge in [0, 0.05) is 17.2 Å². The maximum absolute atomic E-state index is 14.8. The van der Waals surface area contributed by atoms with Gasteiger partial charge in [-0.05, 0) is 44.4 Å². The van der Waals surface area contributed by atoms with Crippen LogP contribution in [0.3, 0.4) is 0 Å². The molecular formula is C25H24F3N3O2. The lowest BCUT2D eigenvalue weighted by Gasteiger charge is -2.48. The van der Waals surface area contributed by atoms with Gasteiger partial charge in [-0.3, -0.25) is 4.79 Å². The highest BCUT2D eigenvalue weighted by molar-refractivity contribution is 6.03. The summed E-state index contributed by atoms with van der Waals surface area (Å²) in [6.45, 7) is 3.39. The minimum atomic E-state index is -4.67. The molecule has 2 aliphatic rings. The molecule has 0 spiro atoms. The average molecular weight is 455 g/mol. The summed E-state index contributed by atoms with van der Waals surface area (Å²) in [7, 11) is 0. The Balaban J connectivity index is 1.78. The van der Waals surface area contributed by atoms with Crippen LogP contribution in [0.4, 0.5) is 13.2 Å². The van der Waals surface area contributed by atoms with Crippen molar-refractivity contribution in [2.75, 3.05) is 0 Å². The Hall–Kier alpha value is -3.26. The molecule has 0 aliphatic heterocycles. The number of hydrogen-bond donors (Lipinski definition) is 1. The van der Waals surface area contributed by atoms with Crippen LogP contribution in [0.5, 0.6) is 0 Å². The topological polar surface area (TPSA) is 82.0 Å². The molecule has 0 fully saturated rings. The minimum Gasteiger partial charge on any atom is -0.334 e. The predicted octanol–water partition coefficient (Wildman–Crippen LogP) is 5.51. The first kappa shape index (κ1) is 22.9. The minimum absolute atomic E-state index is 0.0713. The zero-order valence-corrected chi connectivity index (χ0v) is 18.3. The summed E-state index contributed by atoms with van der Waals surface area (Å²) in [6, 6.07) is 5.81. The lowest BCUT2D eigenvalue weighted by molar-refractivity contribution is -0.228. The van der Waals surface area contributed by atoms with Gasteiger partial charge in [-0.15, -0.1) is 0 Å². The van der Waals surface area contributed by atoms with Gasteiger partial charge >= 0.3 is 6.18 Å². The van der Waals surface area contributed by atoms with Crippen LogP contribution >= 0.6 is 0 Å². The average Bonchev–Trinajstić information content (AvgIpc) is 3.24. The number of carbonyl (C=O) groups excluding carboxylic acids is 1. The number of ketones is 1. The van der Waals surface area contributed by atoms with Crippen LogP contribution in [0.25, 0.3) is 11.5 Å². The zero-order chi connectivity index (χ0) is 23.9. The van der Waals surface area contributed by atoms with Crippen molar-refractivity contribution in [2.24, 2.45) is 16.6 Å². The molecule has 2 aromatic rings. The van der Waals surface area contributed by atoms with Gasteiger partial charge in [0.25, 0.3) is 5.89 Å². The van der Waals surface area contributed by atoms with Crippen molar-refractivity contribution < 1.29 is 22.5 Å². The van der Waals surface area contributed by atoms with E-state index in [0.717, 1.165) is 6.08 Å². The highest BCUT2D eigenvalue weighted by Gasteiger charge is 2.66. The Kier molecular flexibility index (Phi) is 5.74. The number of aryl methyl sites for hydroxylation is 1. The smallest absolute Gasteiger partial charge is 0.334 e. The Labute approximate surface area is 189 Å². The Morgan fingerprint density at radius 1 is 1.15 bits per heavy atom. The number of aromatic nitrogens is 2. The first-order valence-electron chi connectivity index (χ1n) is 10.6. The third-order valence-corrected chi connectivity index (χ3v) is 6.44. The van der Waals surface area contributed by atoms with Crippen LogP contribution in [-0.4, -0.2) is 28.1 Å². The maximum atomic E-state index is 14.8. The summed E-state index contributed by atoms with van der Waals surface area (Å²) in [5, 5.41) is 3.73. The lowest BCUT2D eigenvalue weighted by atomic mass is 9.54. The van der Waals surface area contributed by atoms with E-state index in [-0.39, 0.29) is 24.3 Å². The predicted molar refractivity (Wildman–Crippen MR) is 118 cm³/mol. The number of carbonyl (C=O) groups is 1. The quantitative estimate of drug-likeness (QED) is 0.601. The second kappa shape index (κ2) is 8.26. The molecule has 5 nitrogen and oxygen atoms in total. The van der Waals surface area contributed by atoms with Crippen molar-refractivity contribution in [1.82, 2.24) is 10.1 Å². The van der Waals surface area contributed by atoms with Crippen LogP contribution in [-0.2, 0) is 0 Å². The number of nitrogens with zero attached hydrogens (tertiary/aromatic N) is 2. The van der Waals surface area contributed by atoms with Crippen LogP contribution in [0.2, 0.25) is 0 Å². The summed E-state index contributed by atoms with van der Waals surface area (Å²) < 4.78 is 49.4. The maximum Gasteiger partial charge on any atom is 0.399 e. The molecule has 3 atom stereocenters. The number of hydrogen-bond acceptors (Lipinski definition) is 5. The Morgan fingerprint density at radius 2 is 1.88 bits per heavy atom. The van der Waals surface area contributed by atoms with E-state index in [4.69, 9.17) is 10.3 Å². The van der Waals surface area contributed by atoms with Crippen molar-refractivity contribution in [2.45, 2.75) is 38.9 Å². The van der Waals surface area contributed by atoms with Gasteiger partial charge in [-0.25, -0.2) is 0 Å². The number of rotatable bonds is 5. The van der Waals surface area contributed by atoms with Crippen molar-refractivity contribution in [3.05, 3.63) is 83.8 Å². The summed E-state index contributed by atoms with van der Waals surface area (Å²) in [4.78, 5) is 18.0. The molecule has 4 rings (SSSR count). The van der Waals surface area contributed by atoms with Gasteiger partial charge in [0.1, 0.15) is 5.41 Å². The fourth-order valence-corrected chi connectivity index (χ4v) is 4.54. The van der Waals surface area contributed by atoms with Gasteiger partial charge in [-0.2, -0.15) is 18.2 Å². The third-order valence-electron chi connectivity index (χ3n) is 6.44. The molecule has 172 valence electrons. The molecule has 1 aromatic heterocycles. The van der Waals surface area contributed by atoms with E-state index in [1.54, 1.807) is 38.1 Å². The van der Waals surface area contributed by atoms with E-state index in [1.165, 1.54) is 36.4 Å². The van der Waals surface area contributed by atoms with Crippen molar-refractivity contribution >= 4 is 5.78 Å². The standard InChI is InChI=1S/C25H24F3N3O2/c1-16(29)18-10-14-24(15-11-18,25(26,27)28)23(12-4-3-5-13-23)21(32)19-6-8-20(9-7-19)22-30-17(2)31-33-22/h3-12,14,16H,13,15,29H2,1-2H3/t16-,23?,24?/m0/s1. The summed E-state index contributed by atoms with van der Waals surface area (Å²) in [6.07, 6.45) is 5.11. The molecule has 1 aromatic carbocycles. The van der Waals surface area contributed by atoms with Gasteiger partial charge < -0.3 is 10.3 Å². The molecule has 0 saturated carbocycles. The fourth-order valence-electron chi connectivity index (χ4n) is 4.54. The largest absolute Gasteiger partial charge is 0.399 e. The fraction of sp³-hybridized carbons (Fsp3) is 0.320. The molecule has 2 N–H and O–H groups in total. The number of allylic oxidation sites excluding steroid dienone is 6. The number of halogens is 3. The monoisotopic (exact) mass is 455 g/mol. The summed E-state index contributed by atoms with van der Waals surface area (Å²) in [5.41, 5.74) is 3.01. The highest BCUT2D eigenvalue weighted by atomic mass is 19.4. The molecule has 1 heterocycles. The van der Waals surface area contributed by atoms with E-state index >= 15 is 0 Å². The van der Waals surface area contributed by atoms with E-state index in [1.807, 2.05) is 0 Å². The van der Waals surface area contributed by atoms with E-state index in [9.17, 15) is 18.0 Å². The van der Waals surface area contributed by atoms with Crippen molar-refractivity contribution in [1.29, 1.82) is 0 Å². The Morgan fingerprint density at radius 3 is 2.36 bits per heavy atom. The van der Waals surface area contributed by atoms with Crippen LogP contribution in [0, 0.1) is 17.8 Å². The van der Waals surface area contributed by atoms with E-state index < -0.39 is 28.8 Å². The van der Waals surface area contributed by atoms with Crippen LogP contribution in [0.1, 0.15) is 35.9 Å². The zero-order valence-electron chi connectivity index (χ0n) is 18.3. The van der Waals surface area contributed by atoms with Crippen LogP contribution < -0.4 is 5.73 Å². The van der Waals surface area contributed by atoms with Gasteiger partial charge in [-0.1, -0.05) is 59.8 Å². The lowest BCUT2D eigenvalue weighted by Crippen LogP contribution is -2.54. The second-order valence-electron chi connectivity index (χ2n) is 8.52. The SMILES string of the molecule is Cc1noc(-c2ccc(C(=O)C3(C4(C(F)(F)F)C=CC([C@H](C)N)=CC4)C=CC=CC3)cc2)n1. The Bertz CT molecular complexity index is 1170. The normalized spacial score (nSPS) is 25.7. The van der Waals surface area contributed by atoms with E-state index in [2.05, 4.69) is 10.1 Å². The third kappa shape index (κ3) is 3.78.